The number of thiophene rings is 1. The van der Waals surface area contributed by atoms with Crippen molar-refractivity contribution in [3.8, 4) is 10.7 Å². The zero-order chi connectivity index (χ0) is 11.7. The maximum atomic E-state index is 5.99. The number of nitrogens with one attached hydrogen (secondary N) is 1. The van der Waals surface area contributed by atoms with Gasteiger partial charge in [0.15, 0.2) is 5.82 Å². The molecule has 2 rings (SSSR count). The van der Waals surface area contributed by atoms with Crippen LogP contribution < -0.4 is 5.32 Å². The summed E-state index contributed by atoms with van der Waals surface area (Å²) in [4.78, 5) is 9.73. The van der Waals surface area contributed by atoms with Gasteiger partial charge in [-0.3, -0.25) is 0 Å². The topological polar surface area (TPSA) is 37.8 Å². The van der Waals surface area contributed by atoms with Gasteiger partial charge < -0.3 is 5.32 Å². The molecule has 3 nitrogen and oxygen atoms in total. The van der Waals surface area contributed by atoms with E-state index in [1.807, 2.05) is 26.1 Å². The van der Waals surface area contributed by atoms with Crippen molar-refractivity contribution in [2.45, 2.75) is 6.92 Å². The van der Waals surface area contributed by atoms with E-state index in [0.717, 1.165) is 20.9 Å². The van der Waals surface area contributed by atoms with Crippen LogP contribution in [0.1, 0.15) is 5.69 Å². The molecule has 2 aromatic rings. The summed E-state index contributed by atoms with van der Waals surface area (Å²) in [6, 6.07) is 3.83. The van der Waals surface area contributed by atoms with Gasteiger partial charge in [0, 0.05) is 23.3 Å². The lowest BCUT2D eigenvalue weighted by molar-refractivity contribution is 1.11. The van der Waals surface area contributed by atoms with E-state index in [0.29, 0.717) is 10.2 Å². The summed E-state index contributed by atoms with van der Waals surface area (Å²) in [5.41, 5.74) is 0.926. The number of aryl methyl sites for hydroxylation is 1. The van der Waals surface area contributed by atoms with Crippen LogP contribution >= 0.6 is 38.9 Å². The summed E-state index contributed by atoms with van der Waals surface area (Å²) < 4.78 is 1.59. The number of hydrogen-bond acceptors (Lipinski definition) is 4. The summed E-state index contributed by atoms with van der Waals surface area (Å²) in [7, 11) is 1.84. The molecule has 0 aromatic carbocycles. The first-order valence-electron chi connectivity index (χ1n) is 4.59. The van der Waals surface area contributed by atoms with Crippen LogP contribution in [-0.2, 0) is 0 Å². The molecule has 0 aliphatic rings. The quantitative estimate of drug-likeness (QED) is 0.910. The minimum absolute atomic E-state index is 0.696. The lowest BCUT2D eigenvalue weighted by Crippen LogP contribution is -1.97. The van der Waals surface area contributed by atoms with Crippen molar-refractivity contribution in [1.29, 1.82) is 0 Å². The van der Waals surface area contributed by atoms with Crippen molar-refractivity contribution in [3.05, 3.63) is 26.6 Å². The molecule has 0 bridgehead atoms. The Balaban J connectivity index is 2.50. The molecule has 6 heteroatoms. The van der Waals surface area contributed by atoms with E-state index in [1.165, 1.54) is 11.3 Å². The lowest BCUT2D eigenvalue weighted by Gasteiger charge is -2.03. The second-order valence-corrected chi connectivity index (χ2v) is 5.71. The minimum atomic E-state index is 0.696. The van der Waals surface area contributed by atoms with E-state index in [4.69, 9.17) is 11.6 Å². The molecule has 2 aromatic heterocycles. The first-order valence-corrected chi connectivity index (χ1v) is 6.57. The predicted octanol–water partition coefficient (Wildman–Crippen LogP) is 3.97. The Kier molecular flexibility index (Phi) is 3.47. The Hall–Kier alpha value is -0.650. The van der Waals surface area contributed by atoms with E-state index in [9.17, 15) is 0 Å². The van der Waals surface area contributed by atoms with Gasteiger partial charge in [0.1, 0.15) is 10.2 Å². The molecule has 0 radical (unpaired) electrons. The van der Waals surface area contributed by atoms with Gasteiger partial charge in [-0.25, -0.2) is 9.97 Å². The smallest absolute Gasteiger partial charge is 0.171 e. The van der Waals surface area contributed by atoms with Gasteiger partial charge in [0.25, 0.3) is 0 Å². The average Bonchev–Trinajstić information content (AvgIpc) is 2.58. The zero-order valence-corrected chi connectivity index (χ0v) is 11.9. The van der Waals surface area contributed by atoms with Crippen molar-refractivity contribution < 1.29 is 0 Å². The Bertz CT molecular complexity index is 507. The highest BCUT2D eigenvalue weighted by atomic mass is 79.9. The number of aromatic nitrogens is 2. The van der Waals surface area contributed by atoms with Gasteiger partial charge in [0.05, 0.1) is 4.88 Å². The maximum absolute atomic E-state index is 5.99. The molecule has 0 aliphatic carbocycles. The van der Waals surface area contributed by atoms with Gasteiger partial charge in [-0.1, -0.05) is 11.6 Å². The minimum Gasteiger partial charge on any atom is -0.373 e. The fourth-order valence-electron chi connectivity index (χ4n) is 1.26. The molecule has 0 unspecified atom stereocenters. The molecule has 16 heavy (non-hydrogen) atoms. The Morgan fingerprint density at radius 2 is 2.12 bits per heavy atom. The van der Waals surface area contributed by atoms with E-state index in [2.05, 4.69) is 31.2 Å². The number of hydrogen-bond donors (Lipinski definition) is 1. The van der Waals surface area contributed by atoms with Crippen LogP contribution in [0, 0.1) is 6.92 Å². The van der Waals surface area contributed by atoms with Crippen LogP contribution in [-0.4, -0.2) is 17.0 Å². The highest BCUT2D eigenvalue weighted by molar-refractivity contribution is 9.10. The molecular weight excluding hydrogens is 310 g/mol. The van der Waals surface area contributed by atoms with Crippen molar-refractivity contribution in [2.75, 3.05) is 12.4 Å². The average molecular weight is 319 g/mol. The molecule has 0 spiro atoms. The van der Waals surface area contributed by atoms with Crippen LogP contribution in [0.25, 0.3) is 10.7 Å². The molecular formula is C10H9BrClN3S. The monoisotopic (exact) mass is 317 g/mol. The van der Waals surface area contributed by atoms with Crippen LogP contribution in [0.15, 0.2) is 16.6 Å². The highest BCUT2D eigenvalue weighted by Gasteiger charge is 2.10. The van der Waals surface area contributed by atoms with E-state index in [-0.39, 0.29) is 0 Å². The number of halogens is 2. The molecule has 0 aliphatic heterocycles. The van der Waals surface area contributed by atoms with Crippen molar-refractivity contribution >= 4 is 44.7 Å². The third-order valence-electron chi connectivity index (χ3n) is 1.98. The first kappa shape index (κ1) is 11.8. The van der Waals surface area contributed by atoms with Gasteiger partial charge in [0.2, 0.25) is 0 Å². The maximum Gasteiger partial charge on any atom is 0.171 e. The van der Waals surface area contributed by atoms with E-state index < -0.39 is 0 Å². The van der Waals surface area contributed by atoms with Crippen LogP contribution in [0.3, 0.4) is 0 Å². The second-order valence-electron chi connectivity index (χ2n) is 3.20. The number of nitrogens with zero attached hydrogens (tertiary/aromatic N) is 2. The second kappa shape index (κ2) is 4.69. The predicted molar refractivity (Wildman–Crippen MR) is 72.3 cm³/mol. The van der Waals surface area contributed by atoms with Crippen LogP contribution in [0.5, 0.6) is 0 Å². The van der Waals surface area contributed by atoms with Crippen molar-refractivity contribution in [3.63, 3.8) is 0 Å². The molecule has 84 valence electrons. The first-order chi connectivity index (χ1) is 7.60. The van der Waals surface area contributed by atoms with Crippen molar-refractivity contribution in [1.82, 2.24) is 9.97 Å². The van der Waals surface area contributed by atoms with E-state index >= 15 is 0 Å². The molecule has 0 fully saturated rings. The molecule has 0 amide bonds. The summed E-state index contributed by atoms with van der Waals surface area (Å²) in [5, 5.41) is 3.01. The normalized spacial score (nSPS) is 10.5. The summed E-state index contributed by atoms with van der Waals surface area (Å²) in [6.07, 6.45) is 0. The molecule has 2 heterocycles. The van der Waals surface area contributed by atoms with E-state index in [1.54, 1.807) is 0 Å². The lowest BCUT2D eigenvalue weighted by atomic mass is 10.4. The molecule has 0 saturated carbocycles. The summed E-state index contributed by atoms with van der Waals surface area (Å²) in [6.45, 7) is 1.94. The molecule has 0 saturated heterocycles. The molecule has 0 atom stereocenters. The Morgan fingerprint density at radius 1 is 1.38 bits per heavy atom. The summed E-state index contributed by atoms with van der Waals surface area (Å²) in [5.74, 6) is 1.50. The third kappa shape index (κ3) is 2.36. The van der Waals surface area contributed by atoms with Crippen molar-refractivity contribution in [2.24, 2.45) is 0 Å². The SMILES string of the molecule is CNc1cc(C)nc(-c2cc(Br)c(Cl)s2)n1. The third-order valence-corrected chi connectivity index (χ3v) is 4.45. The van der Waals surface area contributed by atoms with Gasteiger partial charge >= 0.3 is 0 Å². The van der Waals surface area contributed by atoms with Crippen LogP contribution in [0.2, 0.25) is 4.34 Å². The van der Waals surface area contributed by atoms with Gasteiger partial charge in [-0.05, 0) is 28.9 Å². The van der Waals surface area contributed by atoms with Gasteiger partial charge in [-0.15, -0.1) is 11.3 Å². The fraction of sp³-hybridized carbons (Fsp3) is 0.200. The molecule has 1 N–H and O–H groups in total. The van der Waals surface area contributed by atoms with Crippen LogP contribution in [0.4, 0.5) is 5.82 Å². The standard InChI is InChI=1S/C10H9BrClN3S/c1-5-3-8(13-2)15-10(14-5)7-4-6(11)9(12)16-7/h3-4H,1-2H3,(H,13,14,15). The fourth-order valence-corrected chi connectivity index (χ4v) is 2.90. The Morgan fingerprint density at radius 3 is 2.69 bits per heavy atom. The number of anilines is 1. The zero-order valence-electron chi connectivity index (χ0n) is 8.71. The number of rotatable bonds is 2. The Labute approximate surface area is 111 Å². The highest BCUT2D eigenvalue weighted by Crippen LogP contribution is 2.36. The van der Waals surface area contributed by atoms with Gasteiger partial charge in [-0.2, -0.15) is 0 Å². The largest absolute Gasteiger partial charge is 0.373 e. The summed E-state index contributed by atoms with van der Waals surface area (Å²) >= 11 is 10.8.